The normalized spacial score (nSPS) is 11.5. The molecule has 7 nitrogen and oxygen atoms in total. The first-order valence-electron chi connectivity index (χ1n) is 7.89. The summed E-state index contributed by atoms with van der Waals surface area (Å²) in [5.74, 6) is 1.03. The van der Waals surface area contributed by atoms with E-state index in [-0.39, 0.29) is 0 Å². The Bertz CT molecular complexity index is 1140. The van der Waals surface area contributed by atoms with Crippen molar-refractivity contribution in [3.05, 3.63) is 52.0 Å². The van der Waals surface area contributed by atoms with Gasteiger partial charge < -0.3 is 9.72 Å². The molecule has 0 fully saturated rings. The highest BCUT2D eigenvalue weighted by atomic mass is 79.9. The Morgan fingerprint density at radius 1 is 1.19 bits per heavy atom. The Kier molecular flexibility index (Phi) is 4.26. The van der Waals surface area contributed by atoms with Crippen LogP contribution in [0.2, 0.25) is 0 Å². The molecule has 0 aliphatic rings. The summed E-state index contributed by atoms with van der Waals surface area (Å²) >= 11 is 3.43. The summed E-state index contributed by atoms with van der Waals surface area (Å²) in [5, 5.41) is 13.6. The number of H-pyrrole nitrogens is 1. The lowest BCUT2D eigenvalue weighted by molar-refractivity contribution is 0.414. The van der Waals surface area contributed by atoms with Crippen LogP contribution in [0.4, 0.5) is 5.95 Å². The number of methoxy groups -OCH3 is 1. The Morgan fingerprint density at radius 3 is 2.92 bits per heavy atom. The third-order valence-corrected chi connectivity index (χ3v) is 4.42. The van der Waals surface area contributed by atoms with Crippen LogP contribution >= 0.6 is 15.9 Å². The summed E-state index contributed by atoms with van der Waals surface area (Å²) in [6, 6.07) is 11.8. The number of ether oxygens (including phenoxy) is 1. The zero-order valence-electron chi connectivity index (χ0n) is 14.1. The van der Waals surface area contributed by atoms with E-state index in [0.29, 0.717) is 11.6 Å². The van der Waals surface area contributed by atoms with Gasteiger partial charge in [0.2, 0.25) is 0 Å². The highest BCUT2D eigenvalue weighted by Crippen LogP contribution is 2.24. The number of rotatable bonds is 4. The number of benzene rings is 2. The molecule has 2 aromatic heterocycles. The van der Waals surface area contributed by atoms with Crippen LogP contribution in [-0.2, 0) is 0 Å². The molecule has 130 valence electrons. The van der Waals surface area contributed by atoms with E-state index >= 15 is 0 Å². The summed E-state index contributed by atoms with van der Waals surface area (Å²) in [4.78, 5) is 7.69. The molecule has 8 heteroatoms. The molecule has 2 aromatic carbocycles. The molecular weight excluding hydrogens is 396 g/mol. The Labute approximate surface area is 157 Å². The maximum absolute atomic E-state index is 5.32. The summed E-state index contributed by atoms with van der Waals surface area (Å²) < 4.78 is 6.25. The molecule has 26 heavy (non-hydrogen) atoms. The topological polar surface area (TPSA) is 88.1 Å². The Morgan fingerprint density at radius 2 is 2.08 bits per heavy atom. The minimum absolute atomic E-state index is 0.311. The van der Waals surface area contributed by atoms with Crippen molar-refractivity contribution in [3.8, 4) is 5.75 Å². The molecule has 2 heterocycles. The third-order valence-electron chi connectivity index (χ3n) is 3.93. The van der Waals surface area contributed by atoms with Gasteiger partial charge in [-0.05, 0) is 37.3 Å². The summed E-state index contributed by atoms with van der Waals surface area (Å²) in [6.07, 6.45) is 1.64. The number of fused-ring (bicyclic) bond motifs is 3. The standard InChI is InChI=1S/C18H15BrN6O/c1-10-3-5-14-13(7-10)16-17(21-14)22-18(25-23-16)24-20-9-11-8-12(19)4-6-15(11)26-2/h3-9H,1-2H3,(H2,21,22,24,25)/b20-9-. The Balaban J connectivity index is 1.62. The second-order valence-electron chi connectivity index (χ2n) is 5.76. The van der Waals surface area contributed by atoms with Gasteiger partial charge in [0.25, 0.3) is 5.95 Å². The molecule has 0 amide bonds. The van der Waals surface area contributed by atoms with Gasteiger partial charge in [-0.3, -0.25) is 0 Å². The average molecular weight is 411 g/mol. The van der Waals surface area contributed by atoms with Crippen molar-refractivity contribution in [2.45, 2.75) is 6.92 Å². The summed E-state index contributed by atoms with van der Waals surface area (Å²) in [6.45, 7) is 2.04. The molecule has 4 rings (SSSR count). The monoisotopic (exact) mass is 410 g/mol. The molecular formula is C18H15BrN6O. The van der Waals surface area contributed by atoms with Crippen LogP contribution < -0.4 is 10.2 Å². The quantitative estimate of drug-likeness (QED) is 0.391. The van der Waals surface area contributed by atoms with Crippen LogP contribution in [0.15, 0.2) is 46.0 Å². The molecule has 0 bridgehead atoms. The van der Waals surface area contributed by atoms with E-state index in [2.05, 4.69) is 52.7 Å². The molecule has 0 aliphatic carbocycles. The number of halogens is 1. The average Bonchev–Trinajstić information content (AvgIpc) is 2.99. The van der Waals surface area contributed by atoms with Crippen LogP contribution in [0, 0.1) is 6.92 Å². The Hall–Kier alpha value is -3.00. The first-order chi connectivity index (χ1) is 12.6. The number of hydrogen-bond donors (Lipinski definition) is 2. The van der Waals surface area contributed by atoms with Gasteiger partial charge in [0.05, 0.1) is 13.3 Å². The molecule has 0 aliphatic heterocycles. The smallest absolute Gasteiger partial charge is 0.265 e. The fourth-order valence-electron chi connectivity index (χ4n) is 2.70. The van der Waals surface area contributed by atoms with Crippen LogP contribution in [0.5, 0.6) is 5.75 Å². The molecule has 2 N–H and O–H groups in total. The van der Waals surface area contributed by atoms with Crippen molar-refractivity contribution in [1.82, 2.24) is 20.2 Å². The second kappa shape index (κ2) is 6.72. The van der Waals surface area contributed by atoms with Gasteiger partial charge in [0.15, 0.2) is 5.65 Å². The minimum Gasteiger partial charge on any atom is -0.496 e. The van der Waals surface area contributed by atoms with Crippen molar-refractivity contribution < 1.29 is 4.74 Å². The van der Waals surface area contributed by atoms with Crippen molar-refractivity contribution >= 4 is 50.2 Å². The van der Waals surface area contributed by atoms with Crippen LogP contribution in [-0.4, -0.2) is 33.5 Å². The molecule has 0 radical (unpaired) electrons. The molecule has 0 atom stereocenters. The molecule has 0 unspecified atom stereocenters. The maximum Gasteiger partial charge on any atom is 0.265 e. The zero-order chi connectivity index (χ0) is 18.1. The lowest BCUT2D eigenvalue weighted by atomic mass is 10.2. The third kappa shape index (κ3) is 3.11. The molecule has 0 saturated carbocycles. The number of nitrogens with zero attached hydrogens (tertiary/aromatic N) is 4. The predicted molar refractivity (Wildman–Crippen MR) is 106 cm³/mol. The van der Waals surface area contributed by atoms with E-state index in [1.54, 1.807) is 13.3 Å². The van der Waals surface area contributed by atoms with Crippen LogP contribution in [0.3, 0.4) is 0 Å². The van der Waals surface area contributed by atoms with E-state index in [9.17, 15) is 0 Å². The van der Waals surface area contributed by atoms with E-state index in [1.807, 2.05) is 37.3 Å². The highest BCUT2D eigenvalue weighted by molar-refractivity contribution is 9.10. The lowest BCUT2D eigenvalue weighted by Gasteiger charge is -2.04. The van der Waals surface area contributed by atoms with Crippen molar-refractivity contribution in [1.29, 1.82) is 0 Å². The number of hydrogen-bond acceptors (Lipinski definition) is 6. The number of aromatic nitrogens is 4. The fraction of sp³-hybridized carbons (Fsp3) is 0.111. The molecule has 0 spiro atoms. The summed E-state index contributed by atoms with van der Waals surface area (Å²) in [5.41, 5.74) is 7.18. The van der Waals surface area contributed by atoms with Crippen molar-refractivity contribution in [2.24, 2.45) is 5.10 Å². The van der Waals surface area contributed by atoms with Gasteiger partial charge in [-0.1, -0.05) is 27.6 Å². The minimum atomic E-state index is 0.311. The first kappa shape index (κ1) is 16.5. The maximum atomic E-state index is 5.32. The lowest BCUT2D eigenvalue weighted by Crippen LogP contribution is -1.99. The van der Waals surface area contributed by atoms with Gasteiger partial charge >= 0.3 is 0 Å². The van der Waals surface area contributed by atoms with Gasteiger partial charge in [0.1, 0.15) is 11.3 Å². The SMILES string of the molecule is COc1ccc(Br)cc1/C=N\Nc1nnc2c(n1)[nH]c1ccc(C)cc12. The van der Waals surface area contributed by atoms with Crippen LogP contribution in [0.25, 0.3) is 22.1 Å². The van der Waals surface area contributed by atoms with E-state index < -0.39 is 0 Å². The van der Waals surface area contributed by atoms with E-state index in [0.717, 1.165) is 37.8 Å². The van der Waals surface area contributed by atoms with E-state index in [1.165, 1.54) is 0 Å². The zero-order valence-corrected chi connectivity index (χ0v) is 15.7. The number of anilines is 1. The van der Waals surface area contributed by atoms with Crippen molar-refractivity contribution in [2.75, 3.05) is 12.5 Å². The van der Waals surface area contributed by atoms with Gasteiger partial charge in [-0.15, -0.1) is 10.2 Å². The predicted octanol–water partition coefficient (Wildman–Crippen LogP) is 4.03. The number of aromatic amines is 1. The van der Waals surface area contributed by atoms with Crippen molar-refractivity contribution in [3.63, 3.8) is 0 Å². The van der Waals surface area contributed by atoms with Gasteiger partial charge in [-0.2, -0.15) is 10.1 Å². The molecule has 0 saturated heterocycles. The summed E-state index contributed by atoms with van der Waals surface area (Å²) in [7, 11) is 1.62. The first-order valence-corrected chi connectivity index (χ1v) is 8.69. The van der Waals surface area contributed by atoms with Crippen LogP contribution in [0.1, 0.15) is 11.1 Å². The molecule has 4 aromatic rings. The number of hydrazone groups is 1. The van der Waals surface area contributed by atoms with Gasteiger partial charge in [-0.25, -0.2) is 5.43 Å². The largest absolute Gasteiger partial charge is 0.496 e. The highest BCUT2D eigenvalue weighted by Gasteiger charge is 2.09. The van der Waals surface area contributed by atoms with E-state index in [4.69, 9.17) is 4.74 Å². The number of aryl methyl sites for hydroxylation is 1. The van der Waals surface area contributed by atoms with Gasteiger partial charge in [0, 0.05) is 20.9 Å². The number of nitrogens with one attached hydrogen (secondary N) is 2. The second-order valence-corrected chi connectivity index (χ2v) is 6.68. The fourth-order valence-corrected chi connectivity index (χ4v) is 3.08.